The Balaban J connectivity index is 1.58. The van der Waals surface area contributed by atoms with E-state index in [0.717, 1.165) is 22.1 Å². The van der Waals surface area contributed by atoms with Gasteiger partial charge in [0.15, 0.2) is 0 Å². The van der Waals surface area contributed by atoms with E-state index in [2.05, 4.69) is 5.32 Å². The molecule has 1 N–H and O–H groups in total. The van der Waals surface area contributed by atoms with E-state index in [4.69, 9.17) is 16.3 Å². The van der Waals surface area contributed by atoms with Crippen LogP contribution >= 0.6 is 11.6 Å². The van der Waals surface area contributed by atoms with Crippen molar-refractivity contribution in [3.63, 3.8) is 0 Å². The number of halogens is 1. The van der Waals surface area contributed by atoms with E-state index in [9.17, 15) is 14.4 Å². The number of nitrogens with zero attached hydrogens (tertiary/aromatic N) is 1. The molecule has 4 rings (SSSR count). The second-order valence-corrected chi connectivity index (χ2v) is 7.35. The highest BCUT2D eigenvalue weighted by atomic mass is 35.5. The molecule has 0 unspecified atom stereocenters. The van der Waals surface area contributed by atoms with Gasteiger partial charge in [0.05, 0.1) is 17.9 Å². The van der Waals surface area contributed by atoms with Gasteiger partial charge in [0, 0.05) is 11.1 Å². The van der Waals surface area contributed by atoms with Crippen molar-refractivity contribution < 1.29 is 19.1 Å². The van der Waals surface area contributed by atoms with Crippen LogP contribution in [0.5, 0.6) is 0 Å². The molecule has 31 heavy (non-hydrogen) atoms. The van der Waals surface area contributed by atoms with Gasteiger partial charge in [-0.05, 0) is 42.1 Å². The van der Waals surface area contributed by atoms with Crippen LogP contribution in [0.15, 0.2) is 77.5 Å². The van der Waals surface area contributed by atoms with Crippen molar-refractivity contribution in [2.75, 3.05) is 16.8 Å². The Kier molecular flexibility index (Phi) is 5.73. The average Bonchev–Trinajstić information content (AvgIpc) is 3.00. The summed E-state index contributed by atoms with van der Waals surface area (Å²) in [5, 5.41) is 4.40. The molecule has 0 spiro atoms. The molecule has 1 aliphatic rings. The first-order chi connectivity index (χ1) is 15.0. The van der Waals surface area contributed by atoms with Crippen LogP contribution in [0.2, 0.25) is 0 Å². The van der Waals surface area contributed by atoms with E-state index in [-0.39, 0.29) is 10.7 Å². The normalized spacial score (nSPS) is 13.8. The number of fused-ring (bicyclic) bond motifs is 1. The van der Waals surface area contributed by atoms with Crippen molar-refractivity contribution in [1.29, 1.82) is 0 Å². The fourth-order valence-corrected chi connectivity index (χ4v) is 3.56. The number of hydrogen-bond acceptors (Lipinski definition) is 5. The molecule has 0 fully saturated rings. The van der Waals surface area contributed by atoms with E-state index >= 15 is 0 Å². The number of rotatable bonds is 6. The van der Waals surface area contributed by atoms with Crippen LogP contribution in [0.25, 0.3) is 10.8 Å². The molecule has 6 nitrogen and oxygen atoms in total. The molecule has 0 aliphatic carbocycles. The third-order valence-electron chi connectivity index (χ3n) is 4.86. The number of anilines is 2. The molecular weight excluding hydrogens is 416 g/mol. The minimum atomic E-state index is -0.592. The SMILES string of the molecule is CCCOC(=O)c1ccc(NC2=C(Cl)C(=O)N(c3cccc4ccccc34)C2=O)cc1. The van der Waals surface area contributed by atoms with Crippen LogP contribution in [0.3, 0.4) is 0 Å². The summed E-state index contributed by atoms with van der Waals surface area (Å²) in [6, 6.07) is 19.3. The number of ether oxygens (including phenoxy) is 1. The van der Waals surface area contributed by atoms with Crippen molar-refractivity contribution in [2.45, 2.75) is 13.3 Å². The highest BCUT2D eigenvalue weighted by Gasteiger charge is 2.39. The largest absolute Gasteiger partial charge is 0.462 e. The lowest BCUT2D eigenvalue weighted by Gasteiger charge is -2.17. The van der Waals surface area contributed by atoms with Gasteiger partial charge in [0.25, 0.3) is 11.8 Å². The fourth-order valence-electron chi connectivity index (χ4n) is 3.35. The number of carbonyl (C=O) groups excluding carboxylic acids is 3. The summed E-state index contributed by atoms with van der Waals surface area (Å²) in [5.74, 6) is -1.55. The number of imide groups is 1. The molecule has 3 aromatic rings. The highest BCUT2D eigenvalue weighted by molar-refractivity contribution is 6.53. The van der Waals surface area contributed by atoms with Crippen LogP contribution in [0.1, 0.15) is 23.7 Å². The molecule has 0 radical (unpaired) electrons. The van der Waals surface area contributed by atoms with Gasteiger partial charge in [-0.2, -0.15) is 0 Å². The van der Waals surface area contributed by atoms with E-state index in [1.807, 2.05) is 37.3 Å². The molecule has 1 heterocycles. The van der Waals surface area contributed by atoms with Gasteiger partial charge >= 0.3 is 5.97 Å². The van der Waals surface area contributed by atoms with Crippen LogP contribution < -0.4 is 10.2 Å². The number of esters is 1. The Bertz CT molecular complexity index is 1210. The lowest BCUT2D eigenvalue weighted by Crippen LogP contribution is -2.32. The maximum absolute atomic E-state index is 13.1. The van der Waals surface area contributed by atoms with Crippen molar-refractivity contribution >= 4 is 51.5 Å². The van der Waals surface area contributed by atoms with Crippen LogP contribution in [0.4, 0.5) is 11.4 Å². The third kappa shape index (κ3) is 3.90. The summed E-state index contributed by atoms with van der Waals surface area (Å²) in [5.41, 5.74) is 1.37. The minimum Gasteiger partial charge on any atom is -0.462 e. The minimum absolute atomic E-state index is 0.0130. The summed E-state index contributed by atoms with van der Waals surface area (Å²) >= 11 is 6.24. The summed E-state index contributed by atoms with van der Waals surface area (Å²) in [4.78, 5) is 38.9. The first-order valence-corrected chi connectivity index (χ1v) is 10.2. The first kappa shape index (κ1) is 20.6. The molecule has 0 bridgehead atoms. The summed E-state index contributed by atoms with van der Waals surface area (Å²) < 4.78 is 5.10. The predicted molar refractivity (Wildman–Crippen MR) is 120 cm³/mol. The summed E-state index contributed by atoms with van der Waals surface area (Å²) in [6.45, 7) is 2.27. The molecule has 0 saturated carbocycles. The van der Waals surface area contributed by atoms with Gasteiger partial charge in [-0.1, -0.05) is 54.9 Å². The fraction of sp³-hybridized carbons (Fsp3) is 0.125. The standard InChI is InChI=1S/C24H19ClN2O4/c1-2-14-31-24(30)16-10-12-17(13-11-16)26-21-20(25)22(28)27(23(21)29)19-9-5-7-15-6-3-4-8-18(15)19/h3-13,26H,2,14H2,1H3. The molecule has 0 saturated heterocycles. The van der Waals surface area contributed by atoms with Crippen LogP contribution in [-0.4, -0.2) is 24.4 Å². The van der Waals surface area contributed by atoms with Crippen molar-refractivity contribution in [2.24, 2.45) is 0 Å². The zero-order valence-corrected chi connectivity index (χ0v) is 17.5. The van der Waals surface area contributed by atoms with Crippen LogP contribution in [-0.2, 0) is 14.3 Å². The topological polar surface area (TPSA) is 75.7 Å². The molecule has 0 atom stereocenters. The van der Waals surface area contributed by atoms with E-state index in [1.54, 1.807) is 36.4 Å². The van der Waals surface area contributed by atoms with Gasteiger partial charge < -0.3 is 10.1 Å². The first-order valence-electron chi connectivity index (χ1n) is 9.81. The number of carbonyl (C=O) groups is 3. The number of hydrogen-bond donors (Lipinski definition) is 1. The number of benzene rings is 3. The maximum Gasteiger partial charge on any atom is 0.338 e. The Hall–Kier alpha value is -3.64. The Morgan fingerprint density at radius 2 is 1.68 bits per heavy atom. The van der Waals surface area contributed by atoms with Gasteiger partial charge in [-0.25, -0.2) is 9.69 Å². The van der Waals surface area contributed by atoms with Gasteiger partial charge in [0.2, 0.25) is 0 Å². The predicted octanol–water partition coefficient (Wildman–Crippen LogP) is 4.84. The van der Waals surface area contributed by atoms with Crippen LogP contribution in [0, 0.1) is 0 Å². The molecule has 0 aromatic heterocycles. The molecule has 156 valence electrons. The molecular formula is C24H19ClN2O4. The van der Waals surface area contributed by atoms with E-state index in [0.29, 0.717) is 23.5 Å². The smallest absolute Gasteiger partial charge is 0.338 e. The lowest BCUT2D eigenvalue weighted by molar-refractivity contribution is -0.120. The summed E-state index contributed by atoms with van der Waals surface area (Å²) in [7, 11) is 0. The Morgan fingerprint density at radius 3 is 2.42 bits per heavy atom. The second-order valence-electron chi connectivity index (χ2n) is 6.97. The quantitative estimate of drug-likeness (QED) is 0.443. The van der Waals surface area contributed by atoms with Crippen molar-refractivity contribution in [1.82, 2.24) is 0 Å². The van der Waals surface area contributed by atoms with E-state index in [1.165, 1.54) is 0 Å². The van der Waals surface area contributed by atoms with Gasteiger partial charge in [0.1, 0.15) is 10.7 Å². The maximum atomic E-state index is 13.1. The molecule has 2 amide bonds. The highest BCUT2D eigenvalue weighted by Crippen LogP contribution is 2.34. The molecule has 3 aromatic carbocycles. The number of nitrogens with one attached hydrogen (secondary N) is 1. The molecule has 1 aliphatic heterocycles. The van der Waals surface area contributed by atoms with Gasteiger partial charge in [-0.15, -0.1) is 0 Å². The zero-order chi connectivity index (χ0) is 22.0. The van der Waals surface area contributed by atoms with Gasteiger partial charge in [-0.3, -0.25) is 9.59 Å². The van der Waals surface area contributed by atoms with Crippen molar-refractivity contribution in [3.8, 4) is 0 Å². The Morgan fingerprint density at radius 1 is 0.968 bits per heavy atom. The monoisotopic (exact) mass is 434 g/mol. The van der Waals surface area contributed by atoms with Crippen molar-refractivity contribution in [3.05, 3.63) is 83.0 Å². The van der Waals surface area contributed by atoms with E-state index < -0.39 is 17.8 Å². The second kappa shape index (κ2) is 8.62. The number of amides is 2. The average molecular weight is 435 g/mol. The Labute approximate surface area is 184 Å². The third-order valence-corrected chi connectivity index (χ3v) is 5.21. The zero-order valence-electron chi connectivity index (χ0n) is 16.7. The lowest BCUT2D eigenvalue weighted by atomic mass is 10.1. The molecule has 7 heteroatoms. The summed E-state index contributed by atoms with van der Waals surface area (Å²) in [6.07, 6.45) is 0.737.